The van der Waals surface area contributed by atoms with Crippen LogP contribution in [0.1, 0.15) is 5.56 Å². The average Bonchev–Trinajstić information content (AvgIpc) is 2.98. The van der Waals surface area contributed by atoms with Crippen molar-refractivity contribution in [1.29, 1.82) is 0 Å². The summed E-state index contributed by atoms with van der Waals surface area (Å²) in [5, 5.41) is 3.26. The van der Waals surface area contributed by atoms with Crippen molar-refractivity contribution in [3.8, 4) is 0 Å². The summed E-state index contributed by atoms with van der Waals surface area (Å²) in [4.78, 5) is 15.9. The molecule has 0 saturated heterocycles. The van der Waals surface area contributed by atoms with E-state index in [0.717, 1.165) is 16.2 Å². The number of carbonyl (C=O) groups excluding carboxylic acids is 1. The normalized spacial score (nSPS) is 11.2. The minimum atomic E-state index is -0.339. The van der Waals surface area contributed by atoms with Gasteiger partial charge in [0.25, 0.3) is 0 Å². The second-order valence-electron chi connectivity index (χ2n) is 5.86. The summed E-state index contributed by atoms with van der Waals surface area (Å²) in [5.74, 6) is -0.118. The SMILES string of the molecule is NC(=O)CSc1nc2ccccc2n1Cc1cccc2ccccc12. The highest BCUT2D eigenvalue weighted by molar-refractivity contribution is 7.99. The molecule has 3 aromatic carbocycles. The molecule has 5 heteroatoms. The number of primary amides is 1. The monoisotopic (exact) mass is 347 g/mol. The van der Waals surface area contributed by atoms with Crippen molar-refractivity contribution < 1.29 is 4.79 Å². The Balaban J connectivity index is 1.81. The lowest BCUT2D eigenvalue weighted by Gasteiger charge is -2.11. The van der Waals surface area contributed by atoms with Crippen LogP contribution in [-0.2, 0) is 11.3 Å². The molecule has 124 valence electrons. The summed E-state index contributed by atoms with van der Waals surface area (Å²) in [6, 6.07) is 22.7. The summed E-state index contributed by atoms with van der Waals surface area (Å²) in [6.07, 6.45) is 0. The number of nitrogens with zero attached hydrogens (tertiary/aromatic N) is 2. The highest BCUT2D eigenvalue weighted by Crippen LogP contribution is 2.27. The lowest BCUT2D eigenvalue weighted by molar-refractivity contribution is -0.115. The number of thioether (sulfide) groups is 1. The van der Waals surface area contributed by atoms with Crippen LogP contribution in [0.5, 0.6) is 0 Å². The number of hydrogen-bond acceptors (Lipinski definition) is 3. The number of fused-ring (bicyclic) bond motifs is 2. The van der Waals surface area contributed by atoms with Gasteiger partial charge in [-0.05, 0) is 28.5 Å². The molecule has 0 fully saturated rings. The minimum Gasteiger partial charge on any atom is -0.369 e. The molecular weight excluding hydrogens is 330 g/mol. The van der Waals surface area contributed by atoms with Crippen LogP contribution in [-0.4, -0.2) is 21.2 Å². The van der Waals surface area contributed by atoms with Crippen molar-refractivity contribution in [2.45, 2.75) is 11.7 Å². The Labute approximate surface area is 149 Å². The van der Waals surface area contributed by atoms with E-state index in [1.165, 1.54) is 28.1 Å². The molecule has 0 saturated carbocycles. The molecule has 0 atom stereocenters. The van der Waals surface area contributed by atoms with E-state index in [2.05, 4.69) is 52.0 Å². The first-order valence-corrected chi connectivity index (χ1v) is 9.04. The predicted molar refractivity (Wildman–Crippen MR) is 103 cm³/mol. The first-order valence-electron chi connectivity index (χ1n) is 8.05. The zero-order valence-electron chi connectivity index (χ0n) is 13.6. The summed E-state index contributed by atoms with van der Waals surface area (Å²) >= 11 is 1.38. The standard InChI is InChI=1S/C20H17N3OS/c21-19(24)13-25-20-22-17-10-3-4-11-18(17)23(20)12-15-8-5-7-14-6-1-2-9-16(14)15/h1-11H,12-13H2,(H2,21,24). The van der Waals surface area contributed by atoms with Gasteiger partial charge < -0.3 is 10.3 Å². The van der Waals surface area contributed by atoms with Crippen LogP contribution >= 0.6 is 11.8 Å². The van der Waals surface area contributed by atoms with Crippen LogP contribution in [0.4, 0.5) is 0 Å². The molecule has 1 amide bonds. The van der Waals surface area contributed by atoms with Gasteiger partial charge in [-0.3, -0.25) is 4.79 Å². The molecule has 4 aromatic rings. The van der Waals surface area contributed by atoms with Gasteiger partial charge >= 0.3 is 0 Å². The lowest BCUT2D eigenvalue weighted by Crippen LogP contribution is -2.14. The maximum atomic E-state index is 11.2. The van der Waals surface area contributed by atoms with E-state index < -0.39 is 0 Å². The Morgan fingerprint density at radius 1 is 1.00 bits per heavy atom. The number of imidazole rings is 1. The first-order chi connectivity index (χ1) is 12.2. The first kappa shape index (κ1) is 15.7. The summed E-state index contributed by atoms with van der Waals surface area (Å²) < 4.78 is 2.16. The quantitative estimate of drug-likeness (QED) is 0.558. The number of benzene rings is 3. The molecule has 0 aliphatic heterocycles. The van der Waals surface area contributed by atoms with E-state index in [1.54, 1.807) is 0 Å². The lowest BCUT2D eigenvalue weighted by atomic mass is 10.0. The third-order valence-electron chi connectivity index (χ3n) is 4.17. The van der Waals surface area contributed by atoms with Crippen LogP contribution < -0.4 is 5.73 Å². The second-order valence-corrected chi connectivity index (χ2v) is 6.80. The van der Waals surface area contributed by atoms with E-state index in [4.69, 9.17) is 5.73 Å². The van der Waals surface area contributed by atoms with Crippen LogP contribution in [0.15, 0.2) is 71.9 Å². The predicted octanol–water partition coefficient (Wildman–Crippen LogP) is 3.82. The largest absolute Gasteiger partial charge is 0.369 e. The third-order valence-corrected chi connectivity index (χ3v) is 5.17. The highest BCUT2D eigenvalue weighted by Gasteiger charge is 2.13. The molecule has 25 heavy (non-hydrogen) atoms. The number of aromatic nitrogens is 2. The van der Waals surface area contributed by atoms with E-state index in [9.17, 15) is 4.79 Å². The molecule has 0 radical (unpaired) electrons. The van der Waals surface area contributed by atoms with Crippen molar-refractivity contribution in [3.63, 3.8) is 0 Å². The third kappa shape index (κ3) is 3.10. The van der Waals surface area contributed by atoms with Gasteiger partial charge in [0.05, 0.1) is 23.3 Å². The van der Waals surface area contributed by atoms with Gasteiger partial charge in [0.1, 0.15) is 0 Å². The topological polar surface area (TPSA) is 60.9 Å². The molecule has 4 nitrogen and oxygen atoms in total. The fourth-order valence-electron chi connectivity index (χ4n) is 3.05. The van der Waals surface area contributed by atoms with Gasteiger partial charge in [0.15, 0.2) is 5.16 Å². The minimum absolute atomic E-state index is 0.221. The molecule has 1 aromatic heterocycles. The van der Waals surface area contributed by atoms with E-state index in [1.807, 2.05) is 24.3 Å². The Morgan fingerprint density at radius 2 is 1.76 bits per heavy atom. The van der Waals surface area contributed by atoms with E-state index in [0.29, 0.717) is 6.54 Å². The number of para-hydroxylation sites is 2. The molecule has 0 spiro atoms. The molecule has 2 N–H and O–H groups in total. The van der Waals surface area contributed by atoms with Gasteiger partial charge in [-0.15, -0.1) is 0 Å². The maximum absolute atomic E-state index is 11.2. The zero-order chi connectivity index (χ0) is 17.2. The number of hydrogen-bond donors (Lipinski definition) is 1. The van der Waals surface area contributed by atoms with Crippen LogP contribution in [0, 0.1) is 0 Å². The number of carbonyl (C=O) groups is 1. The maximum Gasteiger partial charge on any atom is 0.227 e. The van der Waals surface area contributed by atoms with E-state index >= 15 is 0 Å². The van der Waals surface area contributed by atoms with Crippen molar-refractivity contribution in [1.82, 2.24) is 9.55 Å². The molecule has 0 aliphatic carbocycles. The zero-order valence-corrected chi connectivity index (χ0v) is 14.4. The molecule has 0 unspecified atom stereocenters. The molecule has 4 rings (SSSR count). The summed E-state index contributed by atoms with van der Waals surface area (Å²) in [7, 11) is 0. The number of rotatable bonds is 5. The summed E-state index contributed by atoms with van der Waals surface area (Å²) in [5.41, 5.74) is 8.52. The Hall–Kier alpha value is -2.79. The molecule has 1 heterocycles. The Bertz CT molecular complexity index is 1070. The van der Waals surface area contributed by atoms with Gasteiger partial charge in [-0.25, -0.2) is 4.98 Å². The molecule has 0 aliphatic rings. The van der Waals surface area contributed by atoms with Crippen LogP contribution in [0.3, 0.4) is 0 Å². The average molecular weight is 347 g/mol. The molecule has 0 bridgehead atoms. The van der Waals surface area contributed by atoms with Crippen molar-refractivity contribution >= 4 is 39.5 Å². The van der Waals surface area contributed by atoms with E-state index in [-0.39, 0.29) is 11.7 Å². The van der Waals surface area contributed by atoms with Crippen LogP contribution in [0.25, 0.3) is 21.8 Å². The molecular formula is C20H17N3OS. The summed E-state index contributed by atoms with van der Waals surface area (Å²) in [6.45, 7) is 0.697. The number of nitrogens with two attached hydrogens (primary N) is 1. The van der Waals surface area contributed by atoms with Crippen molar-refractivity contribution in [2.24, 2.45) is 5.73 Å². The van der Waals surface area contributed by atoms with Crippen LogP contribution in [0.2, 0.25) is 0 Å². The fraction of sp³-hybridized carbons (Fsp3) is 0.100. The number of amides is 1. The van der Waals surface area contributed by atoms with Crippen molar-refractivity contribution in [2.75, 3.05) is 5.75 Å². The Morgan fingerprint density at radius 3 is 2.64 bits per heavy atom. The van der Waals surface area contributed by atoms with Gasteiger partial charge in [0.2, 0.25) is 5.91 Å². The van der Waals surface area contributed by atoms with Gasteiger partial charge in [-0.2, -0.15) is 0 Å². The smallest absolute Gasteiger partial charge is 0.227 e. The second kappa shape index (κ2) is 6.61. The fourth-order valence-corrected chi connectivity index (χ4v) is 3.81. The van der Waals surface area contributed by atoms with Crippen molar-refractivity contribution in [3.05, 3.63) is 72.3 Å². The van der Waals surface area contributed by atoms with Gasteiger partial charge in [-0.1, -0.05) is 66.4 Å². The highest BCUT2D eigenvalue weighted by atomic mass is 32.2. The van der Waals surface area contributed by atoms with Gasteiger partial charge in [0, 0.05) is 0 Å². The Kier molecular flexibility index (Phi) is 4.15.